The maximum absolute atomic E-state index is 14.7. The number of halogens is 6. The summed E-state index contributed by atoms with van der Waals surface area (Å²) in [7, 11) is 0. The first-order valence-corrected chi connectivity index (χ1v) is 16.2. The highest BCUT2D eigenvalue weighted by Crippen LogP contribution is 2.34. The molecule has 1 unspecified atom stereocenters. The van der Waals surface area contributed by atoms with Gasteiger partial charge in [-0.25, -0.2) is 17.6 Å². The summed E-state index contributed by atoms with van der Waals surface area (Å²) in [5.41, 5.74) is -0.653. The van der Waals surface area contributed by atoms with Gasteiger partial charge in [-0.2, -0.15) is 8.78 Å². The topological polar surface area (TPSA) is 47.9 Å². The van der Waals surface area contributed by atoms with Crippen LogP contribution in [0.15, 0.2) is 60.7 Å². The fourth-order valence-electron chi connectivity index (χ4n) is 5.43. The molecule has 0 saturated heterocycles. The first kappa shape index (κ1) is 36.5. The lowest BCUT2D eigenvalue weighted by molar-refractivity contribution is 0.296. The van der Waals surface area contributed by atoms with Crippen LogP contribution in [0.4, 0.5) is 26.3 Å². The quantitative estimate of drug-likeness (QED) is 0.0843. The van der Waals surface area contributed by atoms with Gasteiger partial charge in [0.25, 0.3) is 0 Å². The number of ether oxygens (including phenoxy) is 3. The van der Waals surface area contributed by atoms with Crippen LogP contribution in [0, 0.1) is 40.8 Å². The molecule has 0 aliphatic carbocycles. The lowest BCUT2D eigenvalue weighted by atomic mass is 9.97. The fourth-order valence-corrected chi connectivity index (χ4v) is 5.43. The Balaban J connectivity index is 1.07. The van der Waals surface area contributed by atoms with E-state index in [1.54, 1.807) is 13.0 Å². The third-order valence-electron chi connectivity index (χ3n) is 8.09. The SMILES string of the molecule is CCOc1ccc(-c2ccc(OCCCCCC(C)CCCCCOc3ccc(-c4ccc(O)c(F)c4F)c(F)c3)cc2F)c(F)c1F. The fraction of sp³-hybridized carbons (Fsp3) is 0.368. The number of benzene rings is 4. The van der Waals surface area contributed by atoms with E-state index in [1.807, 2.05) is 0 Å². The molecule has 4 aromatic rings. The number of unbranched alkanes of at least 4 members (excludes halogenated alkanes) is 4. The van der Waals surface area contributed by atoms with Crippen molar-refractivity contribution in [1.82, 2.24) is 0 Å². The van der Waals surface area contributed by atoms with Crippen LogP contribution in [-0.2, 0) is 0 Å². The van der Waals surface area contributed by atoms with E-state index < -0.39 is 40.7 Å². The van der Waals surface area contributed by atoms with E-state index in [0.717, 1.165) is 69.6 Å². The molecule has 0 aliphatic heterocycles. The van der Waals surface area contributed by atoms with Crippen molar-refractivity contribution in [3.8, 4) is 45.3 Å². The van der Waals surface area contributed by atoms with E-state index in [4.69, 9.17) is 14.2 Å². The Labute approximate surface area is 277 Å². The summed E-state index contributed by atoms with van der Waals surface area (Å²) < 4.78 is 102. The summed E-state index contributed by atoms with van der Waals surface area (Å²) in [6.07, 6.45) is 7.70. The van der Waals surface area contributed by atoms with Gasteiger partial charge in [-0.3, -0.25) is 0 Å². The minimum Gasteiger partial charge on any atom is -0.505 e. The summed E-state index contributed by atoms with van der Waals surface area (Å²) in [5, 5.41) is 9.28. The normalized spacial score (nSPS) is 11.8. The van der Waals surface area contributed by atoms with Crippen molar-refractivity contribution < 1.29 is 45.7 Å². The van der Waals surface area contributed by atoms with Gasteiger partial charge in [-0.1, -0.05) is 45.4 Å². The van der Waals surface area contributed by atoms with Gasteiger partial charge in [0.1, 0.15) is 23.1 Å². The van der Waals surface area contributed by atoms with Crippen molar-refractivity contribution in [2.75, 3.05) is 19.8 Å². The molecule has 0 radical (unpaired) electrons. The van der Waals surface area contributed by atoms with E-state index in [0.29, 0.717) is 30.6 Å². The molecular formula is C38H40F6O4. The lowest BCUT2D eigenvalue weighted by Crippen LogP contribution is -2.01. The average molecular weight is 675 g/mol. The van der Waals surface area contributed by atoms with Crippen molar-refractivity contribution in [2.24, 2.45) is 5.92 Å². The highest BCUT2D eigenvalue weighted by Gasteiger charge is 2.19. The smallest absolute Gasteiger partial charge is 0.201 e. The Morgan fingerprint density at radius 3 is 1.52 bits per heavy atom. The zero-order valence-corrected chi connectivity index (χ0v) is 27.1. The Kier molecular flexibility index (Phi) is 13.5. The summed E-state index contributed by atoms with van der Waals surface area (Å²) in [5.74, 6) is -6.40. The van der Waals surface area contributed by atoms with Crippen LogP contribution in [0.1, 0.15) is 65.2 Å². The Morgan fingerprint density at radius 2 is 1.02 bits per heavy atom. The van der Waals surface area contributed by atoms with Crippen LogP contribution in [0.25, 0.3) is 22.3 Å². The molecule has 10 heteroatoms. The van der Waals surface area contributed by atoms with Gasteiger partial charge >= 0.3 is 0 Å². The summed E-state index contributed by atoms with van der Waals surface area (Å²) in [6.45, 7) is 4.87. The van der Waals surface area contributed by atoms with Crippen molar-refractivity contribution in [3.05, 3.63) is 95.6 Å². The molecule has 1 atom stereocenters. The van der Waals surface area contributed by atoms with Crippen LogP contribution in [0.5, 0.6) is 23.0 Å². The molecule has 4 rings (SSSR count). The Morgan fingerprint density at radius 1 is 0.542 bits per heavy atom. The molecule has 0 bridgehead atoms. The molecule has 0 amide bonds. The molecular weight excluding hydrogens is 634 g/mol. The third-order valence-corrected chi connectivity index (χ3v) is 8.09. The molecule has 0 saturated carbocycles. The predicted octanol–water partition coefficient (Wildman–Crippen LogP) is 11.2. The average Bonchev–Trinajstić information content (AvgIpc) is 3.06. The van der Waals surface area contributed by atoms with Crippen LogP contribution < -0.4 is 14.2 Å². The largest absolute Gasteiger partial charge is 0.505 e. The molecule has 0 aromatic heterocycles. The lowest BCUT2D eigenvalue weighted by Gasteiger charge is -2.13. The molecule has 1 N–H and O–H groups in total. The number of aromatic hydroxyl groups is 1. The second kappa shape index (κ2) is 17.7. The standard InChI is InChI=1S/C38H40F6O4/c1-3-46-34-19-17-30(36(42)38(34)44)28-15-13-26(23-32(28)40)48-21-9-5-7-11-24(2)10-6-4-8-20-47-25-12-14-27(31(39)22-25)29-16-18-33(45)37(43)35(29)41/h12-19,22-24,45H,3-11,20-21H2,1-2H3. The van der Waals surface area contributed by atoms with E-state index in [2.05, 4.69) is 6.92 Å². The first-order valence-electron chi connectivity index (χ1n) is 16.2. The van der Waals surface area contributed by atoms with Gasteiger partial charge in [0.15, 0.2) is 23.1 Å². The van der Waals surface area contributed by atoms with Gasteiger partial charge in [0.05, 0.1) is 19.8 Å². The number of phenolic OH excluding ortho intramolecular Hbond substituents is 1. The van der Waals surface area contributed by atoms with Gasteiger partial charge in [-0.05, 0) is 74.2 Å². The van der Waals surface area contributed by atoms with E-state index in [-0.39, 0.29) is 34.6 Å². The van der Waals surface area contributed by atoms with Gasteiger partial charge < -0.3 is 19.3 Å². The molecule has 0 heterocycles. The maximum Gasteiger partial charge on any atom is 0.201 e. The van der Waals surface area contributed by atoms with E-state index in [1.165, 1.54) is 36.4 Å². The van der Waals surface area contributed by atoms with Crippen molar-refractivity contribution in [1.29, 1.82) is 0 Å². The zero-order valence-electron chi connectivity index (χ0n) is 27.1. The van der Waals surface area contributed by atoms with Crippen LogP contribution in [0.2, 0.25) is 0 Å². The Hall–Kier alpha value is -4.34. The molecule has 48 heavy (non-hydrogen) atoms. The summed E-state index contributed by atoms with van der Waals surface area (Å²) >= 11 is 0. The van der Waals surface area contributed by atoms with Crippen LogP contribution in [0.3, 0.4) is 0 Å². The predicted molar refractivity (Wildman–Crippen MR) is 173 cm³/mol. The van der Waals surface area contributed by atoms with Crippen molar-refractivity contribution in [2.45, 2.75) is 65.2 Å². The van der Waals surface area contributed by atoms with Crippen molar-refractivity contribution in [3.63, 3.8) is 0 Å². The number of phenols is 1. The molecule has 4 aromatic carbocycles. The van der Waals surface area contributed by atoms with E-state index >= 15 is 0 Å². The van der Waals surface area contributed by atoms with Crippen molar-refractivity contribution >= 4 is 0 Å². The highest BCUT2D eigenvalue weighted by atomic mass is 19.2. The monoisotopic (exact) mass is 674 g/mol. The molecule has 0 spiro atoms. The number of rotatable bonds is 18. The first-order chi connectivity index (χ1) is 23.1. The minimum atomic E-state index is -1.42. The molecule has 0 aliphatic rings. The van der Waals surface area contributed by atoms with Crippen LogP contribution >= 0.6 is 0 Å². The second-order valence-corrected chi connectivity index (χ2v) is 11.7. The summed E-state index contributed by atoms with van der Waals surface area (Å²) in [4.78, 5) is 0. The number of hydrogen-bond acceptors (Lipinski definition) is 4. The van der Waals surface area contributed by atoms with Gasteiger partial charge in [-0.15, -0.1) is 0 Å². The molecule has 258 valence electrons. The van der Waals surface area contributed by atoms with Gasteiger partial charge in [0, 0.05) is 34.4 Å². The van der Waals surface area contributed by atoms with E-state index in [9.17, 15) is 31.4 Å². The maximum atomic E-state index is 14.7. The molecule has 4 nitrogen and oxygen atoms in total. The third kappa shape index (κ3) is 9.61. The zero-order chi connectivity index (χ0) is 34.6. The highest BCUT2D eigenvalue weighted by molar-refractivity contribution is 5.67. The number of hydrogen-bond donors (Lipinski definition) is 1. The summed E-state index contributed by atoms with van der Waals surface area (Å²) in [6, 6.07) is 12.7. The Bertz CT molecular complexity index is 1660. The minimum absolute atomic E-state index is 0.0605. The second-order valence-electron chi connectivity index (χ2n) is 11.7. The molecule has 0 fully saturated rings. The van der Waals surface area contributed by atoms with Gasteiger partial charge in [0.2, 0.25) is 11.6 Å². The van der Waals surface area contributed by atoms with Crippen LogP contribution in [-0.4, -0.2) is 24.9 Å².